The van der Waals surface area contributed by atoms with Crippen LogP contribution in [0.4, 0.5) is 22.0 Å². The second-order valence-corrected chi connectivity index (χ2v) is 8.30. The van der Waals surface area contributed by atoms with Crippen molar-refractivity contribution in [2.24, 2.45) is 0 Å². The molecule has 0 fully saturated rings. The Morgan fingerprint density at radius 1 is 0.919 bits per heavy atom. The molecule has 0 atom stereocenters. The van der Waals surface area contributed by atoms with Gasteiger partial charge in [0.2, 0.25) is 0 Å². The second kappa shape index (κ2) is 9.40. The van der Waals surface area contributed by atoms with Gasteiger partial charge in [0.25, 0.3) is 0 Å². The van der Waals surface area contributed by atoms with Crippen molar-refractivity contribution < 1.29 is 26.7 Å². The lowest BCUT2D eigenvalue weighted by Crippen LogP contribution is -2.09. The van der Waals surface area contributed by atoms with Crippen LogP contribution >= 0.6 is 11.6 Å². The molecule has 188 valence electrons. The van der Waals surface area contributed by atoms with E-state index in [4.69, 9.17) is 16.3 Å². The standard InChI is InChI=1S/C25H15ClF5N5O/c1-37-14-6-7-15(17(9-14)25(29,30)31)19-8-5-13(23(26)33-19)11-36-12-21-20(10-32-36)34-24(35-21)16-3-2-4-18(27)22(16)28/h2-10,12H,11H2,1H3. The fraction of sp³-hybridized carbons (Fsp3) is 0.120. The minimum absolute atomic E-state index is 0.00745. The number of pyridine rings is 1. The van der Waals surface area contributed by atoms with Gasteiger partial charge in [-0.15, -0.1) is 0 Å². The van der Waals surface area contributed by atoms with Crippen LogP contribution in [0.3, 0.4) is 0 Å². The predicted molar refractivity (Wildman–Crippen MR) is 125 cm³/mol. The van der Waals surface area contributed by atoms with Crippen molar-refractivity contribution in [2.45, 2.75) is 12.7 Å². The van der Waals surface area contributed by atoms with Crippen molar-refractivity contribution in [3.05, 3.63) is 88.8 Å². The number of aromatic nitrogens is 5. The first kappa shape index (κ1) is 24.6. The number of hydrogen-bond acceptors (Lipinski definition) is 5. The summed E-state index contributed by atoms with van der Waals surface area (Å²) in [6.45, 7) is 0.118. The van der Waals surface area contributed by atoms with Crippen LogP contribution in [0.25, 0.3) is 34.0 Å². The quantitative estimate of drug-likeness (QED) is 0.191. The molecule has 0 radical (unpaired) electrons. The number of imidazole rings is 1. The summed E-state index contributed by atoms with van der Waals surface area (Å²) in [4.78, 5) is 12.6. The molecule has 0 saturated heterocycles. The Labute approximate surface area is 211 Å². The number of rotatable bonds is 5. The third-order valence-electron chi connectivity index (χ3n) is 5.57. The summed E-state index contributed by atoms with van der Waals surface area (Å²) in [6, 6.07) is 10.3. The molecular formula is C25H15ClF5N5O. The molecule has 0 bridgehead atoms. The number of hydrogen-bond donors (Lipinski definition) is 0. The molecule has 2 aliphatic heterocycles. The predicted octanol–water partition coefficient (Wildman–Crippen LogP) is 6.51. The van der Waals surface area contributed by atoms with Crippen LogP contribution in [-0.2, 0) is 12.7 Å². The van der Waals surface area contributed by atoms with Crippen LogP contribution in [0.2, 0.25) is 5.15 Å². The van der Waals surface area contributed by atoms with Gasteiger partial charge >= 0.3 is 6.18 Å². The zero-order valence-electron chi connectivity index (χ0n) is 18.9. The molecule has 12 heteroatoms. The van der Waals surface area contributed by atoms with Crippen LogP contribution in [0.5, 0.6) is 5.75 Å². The van der Waals surface area contributed by atoms with Gasteiger partial charge in [0, 0.05) is 11.1 Å². The number of methoxy groups -OCH3 is 1. The van der Waals surface area contributed by atoms with Crippen molar-refractivity contribution in [3.8, 4) is 39.8 Å². The minimum atomic E-state index is -4.63. The van der Waals surface area contributed by atoms with E-state index in [0.29, 0.717) is 17.0 Å². The van der Waals surface area contributed by atoms with Gasteiger partial charge in [-0.2, -0.15) is 18.3 Å². The molecule has 37 heavy (non-hydrogen) atoms. The highest BCUT2D eigenvalue weighted by molar-refractivity contribution is 6.30. The number of nitrogens with zero attached hydrogens (tertiary/aromatic N) is 5. The Morgan fingerprint density at radius 3 is 2.43 bits per heavy atom. The molecular weight excluding hydrogens is 517 g/mol. The smallest absolute Gasteiger partial charge is 0.417 e. The number of fused-ring (bicyclic) bond motifs is 1. The molecule has 0 spiro atoms. The number of halogens is 6. The average Bonchev–Trinajstić information content (AvgIpc) is 3.29. The molecule has 1 aromatic heterocycles. The number of ether oxygens (including phenoxy) is 1. The highest BCUT2D eigenvalue weighted by Gasteiger charge is 2.34. The van der Waals surface area contributed by atoms with Crippen molar-refractivity contribution in [2.75, 3.05) is 7.11 Å². The van der Waals surface area contributed by atoms with Gasteiger partial charge in [-0.1, -0.05) is 23.7 Å². The summed E-state index contributed by atoms with van der Waals surface area (Å²) in [6.07, 6.45) is -1.68. The fourth-order valence-corrected chi connectivity index (χ4v) is 3.97. The first-order valence-electron chi connectivity index (χ1n) is 10.7. The van der Waals surface area contributed by atoms with Gasteiger partial charge in [0.15, 0.2) is 17.5 Å². The average molecular weight is 532 g/mol. The zero-order chi connectivity index (χ0) is 26.3. The minimum Gasteiger partial charge on any atom is -0.497 e. The molecule has 3 heterocycles. The Kier molecular flexibility index (Phi) is 6.24. The third kappa shape index (κ3) is 4.82. The largest absolute Gasteiger partial charge is 0.497 e. The highest BCUT2D eigenvalue weighted by Crippen LogP contribution is 2.39. The molecule has 2 aliphatic rings. The van der Waals surface area contributed by atoms with Gasteiger partial charge in [-0.05, 0) is 36.4 Å². The molecule has 0 amide bonds. The topological polar surface area (TPSA) is 65.7 Å². The van der Waals surface area contributed by atoms with Crippen molar-refractivity contribution in [3.63, 3.8) is 0 Å². The SMILES string of the molecule is COc1ccc(-c2ccc(Cn3cc4nc(-c5cccc(F)c5F)nc-4cn3)c(Cl)n2)c(C(F)(F)F)c1. The normalized spacial score (nSPS) is 11.8. The van der Waals surface area contributed by atoms with E-state index in [2.05, 4.69) is 20.1 Å². The summed E-state index contributed by atoms with van der Waals surface area (Å²) in [5.41, 5.74) is 0.155. The molecule has 0 unspecified atom stereocenters. The lowest BCUT2D eigenvalue weighted by Gasteiger charge is -2.15. The van der Waals surface area contributed by atoms with E-state index in [1.165, 1.54) is 48.3 Å². The molecule has 0 saturated carbocycles. The molecule has 5 rings (SSSR count). The molecule has 6 nitrogen and oxygen atoms in total. The highest BCUT2D eigenvalue weighted by atomic mass is 35.5. The zero-order valence-corrected chi connectivity index (χ0v) is 19.6. The summed E-state index contributed by atoms with van der Waals surface area (Å²) in [5, 5.41) is 4.23. The Hall–Kier alpha value is -4.12. The first-order chi connectivity index (χ1) is 17.6. The summed E-state index contributed by atoms with van der Waals surface area (Å²) in [7, 11) is 1.28. The molecule has 2 aromatic carbocycles. The molecule has 0 aliphatic carbocycles. The van der Waals surface area contributed by atoms with E-state index in [0.717, 1.165) is 12.1 Å². The van der Waals surface area contributed by atoms with Crippen molar-refractivity contribution in [1.29, 1.82) is 0 Å². The van der Waals surface area contributed by atoms with E-state index >= 15 is 0 Å². The summed E-state index contributed by atoms with van der Waals surface area (Å²) < 4.78 is 75.0. The number of alkyl halides is 3. The maximum absolute atomic E-state index is 14.1. The van der Waals surface area contributed by atoms with E-state index in [1.54, 1.807) is 12.3 Å². The van der Waals surface area contributed by atoms with E-state index in [9.17, 15) is 22.0 Å². The third-order valence-corrected chi connectivity index (χ3v) is 5.90. The van der Waals surface area contributed by atoms with Crippen molar-refractivity contribution in [1.82, 2.24) is 24.7 Å². The summed E-state index contributed by atoms with van der Waals surface area (Å²) in [5.74, 6) is -1.99. The van der Waals surface area contributed by atoms with Crippen molar-refractivity contribution >= 4 is 11.6 Å². The first-order valence-corrected chi connectivity index (χ1v) is 11.1. The van der Waals surface area contributed by atoms with E-state index < -0.39 is 23.4 Å². The van der Waals surface area contributed by atoms with Gasteiger partial charge in [-0.25, -0.2) is 23.7 Å². The number of benzene rings is 2. The lowest BCUT2D eigenvalue weighted by atomic mass is 10.0. The van der Waals surface area contributed by atoms with Crippen LogP contribution in [0.1, 0.15) is 11.1 Å². The monoisotopic (exact) mass is 531 g/mol. The van der Waals surface area contributed by atoms with Crippen LogP contribution < -0.4 is 4.74 Å². The summed E-state index contributed by atoms with van der Waals surface area (Å²) >= 11 is 6.33. The Bertz CT molecular complexity index is 1590. The maximum Gasteiger partial charge on any atom is 0.417 e. The van der Waals surface area contributed by atoms with Gasteiger partial charge in [-0.3, -0.25) is 4.68 Å². The van der Waals surface area contributed by atoms with Crippen LogP contribution in [0.15, 0.2) is 60.9 Å². The Morgan fingerprint density at radius 2 is 1.70 bits per heavy atom. The second-order valence-electron chi connectivity index (χ2n) is 7.95. The van der Waals surface area contributed by atoms with Gasteiger partial charge in [0.05, 0.1) is 42.9 Å². The van der Waals surface area contributed by atoms with Gasteiger partial charge in [0.1, 0.15) is 22.3 Å². The van der Waals surface area contributed by atoms with Crippen LogP contribution in [-0.4, -0.2) is 31.8 Å². The van der Waals surface area contributed by atoms with E-state index in [-0.39, 0.29) is 40.1 Å². The Balaban J connectivity index is 1.44. The fourth-order valence-electron chi connectivity index (χ4n) is 3.76. The van der Waals surface area contributed by atoms with Crippen LogP contribution in [0, 0.1) is 11.6 Å². The lowest BCUT2D eigenvalue weighted by molar-refractivity contribution is -0.137. The molecule has 3 aromatic rings. The van der Waals surface area contributed by atoms with E-state index in [1.807, 2.05) is 0 Å². The molecule has 0 N–H and O–H groups in total. The van der Waals surface area contributed by atoms with Gasteiger partial charge < -0.3 is 4.74 Å². The maximum atomic E-state index is 14.1.